The topological polar surface area (TPSA) is 87.0 Å². The first-order valence-electron chi connectivity index (χ1n) is 9.96. The fraction of sp³-hybridized carbons (Fsp3) is 0.591. The Labute approximate surface area is 171 Å². The van der Waals surface area contributed by atoms with Gasteiger partial charge in [0.15, 0.2) is 0 Å². The largest absolute Gasteiger partial charge is 0.481 e. The van der Waals surface area contributed by atoms with Gasteiger partial charge in [-0.2, -0.15) is 11.3 Å². The molecule has 1 aromatic rings. The molecule has 1 aromatic heterocycles. The van der Waals surface area contributed by atoms with Crippen molar-refractivity contribution >= 4 is 17.3 Å². The summed E-state index contributed by atoms with van der Waals surface area (Å²) in [5, 5.41) is 33.6. The van der Waals surface area contributed by atoms with Crippen LogP contribution in [0.25, 0.3) is 0 Å². The van der Waals surface area contributed by atoms with Gasteiger partial charge >= 0.3 is 5.97 Å². The molecule has 0 radical (unpaired) electrons. The van der Waals surface area contributed by atoms with Gasteiger partial charge in [-0.1, -0.05) is 24.3 Å². The quantitative estimate of drug-likeness (QED) is 0.362. The molecular weight excluding hydrogens is 376 g/mol. The van der Waals surface area contributed by atoms with Crippen molar-refractivity contribution < 1.29 is 24.9 Å². The van der Waals surface area contributed by atoms with E-state index < -0.39 is 18.2 Å². The van der Waals surface area contributed by atoms with Crippen LogP contribution in [0.2, 0.25) is 0 Å². The van der Waals surface area contributed by atoms with Crippen molar-refractivity contribution in [1.82, 2.24) is 0 Å². The van der Waals surface area contributed by atoms with Crippen molar-refractivity contribution in [2.75, 3.05) is 7.11 Å². The summed E-state index contributed by atoms with van der Waals surface area (Å²) in [6, 6.07) is 2.12. The summed E-state index contributed by atoms with van der Waals surface area (Å²) in [5.74, 6) is -0.909. The van der Waals surface area contributed by atoms with Crippen LogP contribution in [0.15, 0.2) is 41.1 Å². The average Bonchev–Trinajstić information content (AvgIpc) is 3.26. The van der Waals surface area contributed by atoms with Gasteiger partial charge in [0.25, 0.3) is 0 Å². The van der Waals surface area contributed by atoms with Crippen LogP contribution >= 0.6 is 11.3 Å². The predicted octanol–water partition coefficient (Wildman–Crippen LogP) is 3.81. The molecule has 6 heteroatoms. The first-order valence-corrected chi connectivity index (χ1v) is 10.9. The molecule has 0 aliphatic heterocycles. The number of aliphatic carboxylic acids is 1. The molecule has 0 aromatic carbocycles. The summed E-state index contributed by atoms with van der Waals surface area (Å²) < 4.78 is 5.56. The van der Waals surface area contributed by atoms with Gasteiger partial charge in [0.2, 0.25) is 0 Å². The predicted molar refractivity (Wildman–Crippen MR) is 111 cm³/mol. The highest BCUT2D eigenvalue weighted by atomic mass is 32.1. The Bertz CT molecular complexity index is 625. The summed E-state index contributed by atoms with van der Waals surface area (Å²) in [6.45, 7) is 0. The van der Waals surface area contributed by atoms with Crippen LogP contribution in [0, 0.1) is 11.8 Å². The van der Waals surface area contributed by atoms with Crippen LogP contribution in [0.3, 0.4) is 0 Å². The lowest BCUT2D eigenvalue weighted by Crippen LogP contribution is -2.20. The van der Waals surface area contributed by atoms with E-state index in [0.29, 0.717) is 25.7 Å². The number of hydrogen-bond acceptors (Lipinski definition) is 5. The van der Waals surface area contributed by atoms with E-state index in [2.05, 4.69) is 16.8 Å². The number of ether oxygens (including phenoxy) is 1. The first-order chi connectivity index (χ1) is 13.5. The molecule has 1 saturated carbocycles. The molecule has 5 nitrogen and oxygen atoms in total. The number of carboxylic acid groups (broad SMARTS) is 1. The maximum atomic E-state index is 10.5. The SMILES string of the molecule is COC(C=CC1C(O)CC(O)C1CC=CCCCC(=O)O)CCc1ccsc1. The second kappa shape index (κ2) is 12.2. The molecule has 0 saturated heterocycles. The number of carboxylic acids is 1. The number of aliphatic hydroxyl groups is 2. The summed E-state index contributed by atoms with van der Waals surface area (Å²) >= 11 is 1.69. The number of rotatable bonds is 12. The highest BCUT2D eigenvalue weighted by molar-refractivity contribution is 7.07. The zero-order valence-corrected chi connectivity index (χ0v) is 17.3. The molecule has 5 unspecified atom stereocenters. The highest BCUT2D eigenvalue weighted by Crippen LogP contribution is 2.36. The second-order valence-electron chi connectivity index (χ2n) is 7.43. The molecule has 3 N–H and O–H groups in total. The number of thiophene rings is 1. The summed E-state index contributed by atoms with van der Waals surface area (Å²) in [6.07, 6.45) is 11.3. The summed E-state index contributed by atoms with van der Waals surface area (Å²) in [5.41, 5.74) is 1.31. The Hall–Kier alpha value is -1.47. The lowest BCUT2D eigenvalue weighted by Gasteiger charge is -2.20. The molecule has 0 bridgehead atoms. The Morgan fingerprint density at radius 2 is 2.18 bits per heavy atom. The molecule has 1 aliphatic carbocycles. The number of methoxy groups -OCH3 is 1. The maximum absolute atomic E-state index is 10.5. The zero-order valence-electron chi connectivity index (χ0n) is 16.4. The van der Waals surface area contributed by atoms with Gasteiger partial charge in [-0.15, -0.1) is 0 Å². The molecule has 0 spiro atoms. The molecule has 1 heterocycles. The molecule has 1 fully saturated rings. The number of aliphatic hydroxyl groups excluding tert-OH is 2. The molecular formula is C22H32O5S. The number of carbonyl (C=O) groups is 1. The van der Waals surface area contributed by atoms with Crippen LogP contribution in [-0.2, 0) is 16.0 Å². The van der Waals surface area contributed by atoms with E-state index in [9.17, 15) is 15.0 Å². The van der Waals surface area contributed by atoms with Crippen LogP contribution in [0.5, 0.6) is 0 Å². The van der Waals surface area contributed by atoms with Gasteiger partial charge in [-0.3, -0.25) is 4.79 Å². The lowest BCUT2D eigenvalue weighted by molar-refractivity contribution is -0.137. The summed E-state index contributed by atoms with van der Waals surface area (Å²) in [4.78, 5) is 10.5. The minimum absolute atomic E-state index is 0.0166. The van der Waals surface area contributed by atoms with E-state index in [-0.39, 0.29) is 24.4 Å². The van der Waals surface area contributed by atoms with E-state index in [4.69, 9.17) is 9.84 Å². The van der Waals surface area contributed by atoms with Crippen molar-refractivity contribution in [2.24, 2.45) is 11.8 Å². The van der Waals surface area contributed by atoms with Crippen molar-refractivity contribution in [1.29, 1.82) is 0 Å². The van der Waals surface area contributed by atoms with E-state index in [1.54, 1.807) is 18.4 Å². The van der Waals surface area contributed by atoms with E-state index in [1.807, 2.05) is 24.3 Å². The minimum atomic E-state index is -0.778. The standard InChI is InChI=1S/C22H32O5S/c1-27-17(9-8-16-12-13-28-15-16)10-11-19-18(20(23)14-21(19)24)6-4-2-3-5-7-22(25)26/h2,4,10-13,15,17-21,23-24H,3,5-9,14H2,1H3,(H,25,26). The fourth-order valence-corrected chi connectivity index (χ4v) is 4.44. The highest BCUT2D eigenvalue weighted by Gasteiger charge is 2.39. The van der Waals surface area contributed by atoms with Crippen molar-refractivity contribution in [3.8, 4) is 0 Å². The number of hydrogen-bond donors (Lipinski definition) is 3. The van der Waals surface area contributed by atoms with E-state index >= 15 is 0 Å². The monoisotopic (exact) mass is 408 g/mol. The van der Waals surface area contributed by atoms with Gasteiger partial charge in [-0.25, -0.2) is 0 Å². The van der Waals surface area contributed by atoms with Gasteiger partial charge in [0.05, 0.1) is 18.3 Å². The van der Waals surface area contributed by atoms with E-state index in [0.717, 1.165) is 12.8 Å². The van der Waals surface area contributed by atoms with Crippen molar-refractivity contribution in [3.63, 3.8) is 0 Å². The Kier molecular flexibility index (Phi) is 9.92. The fourth-order valence-electron chi connectivity index (χ4n) is 3.74. The van der Waals surface area contributed by atoms with Gasteiger partial charge in [0, 0.05) is 25.9 Å². The second-order valence-corrected chi connectivity index (χ2v) is 8.21. The third-order valence-electron chi connectivity index (χ3n) is 5.40. The number of unbranched alkanes of at least 4 members (excludes halogenated alkanes) is 1. The van der Waals surface area contributed by atoms with Crippen LogP contribution in [-0.4, -0.2) is 46.7 Å². The van der Waals surface area contributed by atoms with Gasteiger partial charge in [0.1, 0.15) is 0 Å². The smallest absolute Gasteiger partial charge is 0.303 e. The molecule has 28 heavy (non-hydrogen) atoms. The molecule has 1 aliphatic rings. The third-order valence-corrected chi connectivity index (χ3v) is 6.13. The van der Waals surface area contributed by atoms with Crippen LogP contribution < -0.4 is 0 Å². The average molecular weight is 409 g/mol. The van der Waals surface area contributed by atoms with Crippen molar-refractivity contribution in [2.45, 2.75) is 63.3 Å². The van der Waals surface area contributed by atoms with Crippen LogP contribution in [0.4, 0.5) is 0 Å². The third kappa shape index (κ3) is 7.51. The van der Waals surface area contributed by atoms with Gasteiger partial charge in [-0.05, 0) is 60.4 Å². The molecule has 0 amide bonds. The van der Waals surface area contributed by atoms with Gasteiger partial charge < -0.3 is 20.1 Å². The maximum Gasteiger partial charge on any atom is 0.303 e. The molecule has 5 atom stereocenters. The first kappa shape index (κ1) is 22.8. The summed E-state index contributed by atoms with van der Waals surface area (Å²) in [7, 11) is 1.69. The normalized spacial score (nSPS) is 26.4. The minimum Gasteiger partial charge on any atom is -0.481 e. The number of allylic oxidation sites excluding steroid dienone is 2. The Balaban J connectivity index is 1.85. The van der Waals surface area contributed by atoms with Crippen LogP contribution in [0.1, 0.15) is 44.1 Å². The van der Waals surface area contributed by atoms with Crippen molar-refractivity contribution in [3.05, 3.63) is 46.7 Å². The molecule has 156 valence electrons. The Morgan fingerprint density at radius 1 is 1.36 bits per heavy atom. The number of aryl methyl sites for hydroxylation is 1. The Morgan fingerprint density at radius 3 is 2.86 bits per heavy atom. The molecule has 2 rings (SSSR count). The zero-order chi connectivity index (χ0) is 20.4. The lowest BCUT2D eigenvalue weighted by atomic mass is 9.89. The van der Waals surface area contributed by atoms with E-state index in [1.165, 1.54) is 5.56 Å².